The summed E-state index contributed by atoms with van der Waals surface area (Å²) in [5.74, 6) is 0. The molecule has 6 heteroatoms. The van der Waals surface area contributed by atoms with Gasteiger partial charge >= 0.3 is 0 Å². The van der Waals surface area contributed by atoms with E-state index in [1.165, 1.54) is 0 Å². The van der Waals surface area contributed by atoms with Crippen molar-refractivity contribution in [2.75, 3.05) is 11.4 Å². The topological polar surface area (TPSA) is 44.8 Å². The summed E-state index contributed by atoms with van der Waals surface area (Å²) in [6, 6.07) is 9.72. The Morgan fingerprint density at radius 1 is 1.13 bits per heavy atom. The minimum atomic E-state index is -2.39. The summed E-state index contributed by atoms with van der Waals surface area (Å²) in [5, 5.41) is 7.02. The number of pyridine rings is 1. The first kappa shape index (κ1) is 13.9. The third-order valence-electron chi connectivity index (χ3n) is 4.06. The predicted octanol–water partition coefficient (Wildman–Crippen LogP) is 3.72. The number of rotatable bonds is 3. The van der Waals surface area contributed by atoms with Gasteiger partial charge in [0.25, 0.3) is 6.43 Å². The molecule has 3 heterocycles. The number of anilines is 1. The summed E-state index contributed by atoms with van der Waals surface area (Å²) < 4.78 is 25.9. The molecular weight excluding hydrogens is 298 g/mol. The Hall–Kier alpha value is -2.76. The number of hydrogen-bond acceptors (Lipinski definition) is 3. The largest absolute Gasteiger partial charge is 0.361 e. The van der Waals surface area contributed by atoms with Crippen LogP contribution in [0.5, 0.6) is 0 Å². The van der Waals surface area contributed by atoms with Gasteiger partial charge in [-0.1, -0.05) is 12.1 Å². The Morgan fingerprint density at radius 3 is 2.74 bits per heavy atom. The number of H-pyrrole nitrogens is 1. The van der Waals surface area contributed by atoms with Gasteiger partial charge in [-0.15, -0.1) is 0 Å². The van der Waals surface area contributed by atoms with Gasteiger partial charge in [0.1, 0.15) is 0 Å². The molecule has 1 aliphatic rings. The van der Waals surface area contributed by atoms with E-state index in [1.807, 2.05) is 30.3 Å². The number of hydrogen-bond donors (Lipinski definition) is 1. The molecule has 23 heavy (non-hydrogen) atoms. The van der Waals surface area contributed by atoms with Crippen molar-refractivity contribution < 1.29 is 8.78 Å². The Bertz CT molecular complexity index is 830. The fraction of sp³-hybridized carbons (Fsp3) is 0.176. The molecule has 1 N–H and O–H groups in total. The van der Waals surface area contributed by atoms with Crippen LogP contribution < -0.4 is 4.90 Å². The Labute approximate surface area is 131 Å². The van der Waals surface area contributed by atoms with Gasteiger partial charge in [0.05, 0.1) is 18.4 Å². The van der Waals surface area contributed by atoms with E-state index in [9.17, 15) is 8.78 Å². The number of benzene rings is 1. The predicted molar refractivity (Wildman–Crippen MR) is 84.3 cm³/mol. The van der Waals surface area contributed by atoms with E-state index in [0.29, 0.717) is 6.54 Å². The van der Waals surface area contributed by atoms with E-state index < -0.39 is 6.43 Å². The summed E-state index contributed by atoms with van der Waals surface area (Å²) in [7, 11) is 0. The van der Waals surface area contributed by atoms with Crippen molar-refractivity contribution in [3.8, 4) is 22.4 Å². The molecule has 0 aliphatic carbocycles. The zero-order chi connectivity index (χ0) is 15.8. The maximum atomic E-state index is 13.0. The summed E-state index contributed by atoms with van der Waals surface area (Å²) >= 11 is 0. The number of aromatic amines is 1. The van der Waals surface area contributed by atoms with Crippen molar-refractivity contribution in [1.82, 2.24) is 15.2 Å². The van der Waals surface area contributed by atoms with Crippen molar-refractivity contribution in [1.29, 1.82) is 0 Å². The highest BCUT2D eigenvalue weighted by Gasteiger charge is 2.25. The third kappa shape index (κ3) is 2.46. The molecule has 1 aliphatic heterocycles. The van der Waals surface area contributed by atoms with Crippen LogP contribution in [0, 0.1) is 0 Å². The quantitative estimate of drug-likeness (QED) is 0.801. The lowest BCUT2D eigenvalue weighted by atomic mass is 9.96. The monoisotopic (exact) mass is 312 g/mol. The fourth-order valence-corrected chi connectivity index (χ4v) is 3.01. The number of aromatic nitrogens is 3. The number of fused-ring (bicyclic) bond motifs is 3. The minimum Gasteiger partial charge on any atom is -0.361 e. The smallest absolute Gasteiger partial charge is 0.255 e. The Morgan fingerprint density at radius 2 is 1.96 bits per heavy atom. The van der Waals surface area contributed by atoms with E-state index in [-0.39, 0.29) is 6.54 Å². The third-order valence-corrected chi connectivity index (χ3v) is 4.06. The summed E-state index contributed by atoms with van der Waals surface area (Å²) in [6.45, 7) is 0.139. The number of alkyl halides is 2. The molecule has 2 aromatic heterocycles. The van der Waals surface area contributed by atoms with Crippen LogP contribution in [0.4, 0.5) is 14.5 Å². The lowest BCUT2D eigenvalue weighted by Gasteiger charge is -2.31. The Balaban J connectivity index is 1.84. The average Bonchev–Trinajstić information content (AvgIpc) is 3.03. The SMILES string of the molecule is FC(F)CN1Cc2cn[nH]c2-c2ccc(-c3ccncc3)cc21. The standard InChI is InChI=1S/C17H14F2N4/c18-16(19)10-23-9-13-8-21-22-17(13)14-2-1-12(7-15(14)23)11-3-5-20-6-4-11/h1-8,16H,9-10H2,(H,21,22). The first-order valence-corrected chi connectivity index (χ1v) is 7.32. The second-order valence-corrected chi connectivity index (χ2v) is 5.51. The van der Waals surface area contributed by atoms with Gasteiger partial charge < -0.3 is 4.90 Å². The molecule has 0 saturated carbocycles. The minimum absolute atomic E-state index is 0.294. The van der Waals surface area contributed by atoms with Crippen LogP contribution >= 0.6 is 0 Å². The van der Waals surface area contributed by atoms with Crippen LogP contribution in [0.1, 0.15) is 5.56 Å². The highest BCUT2D eigenvalue weighted by molar-refractivity contribution is 5.85. The van der Waals surface area contributed by atoms with Crippen molar-refractivity contribution in [2.45, 2.75) is 13.0 Å². The molecule has 1 aromatic carbocycles. The van der Waals surface area contributed by atoms with Gasteiger partial charge in [-0.25, -0.2) is 8.78 Å². The van der Waals surface area contributed by atoms with Gasteiger partial charge in [-0.3, -0.25) is 10.1 Å². The number of nitrogens with one attached hydrogen (secondary N) is 1. The highest BCUT2D eigenvalue weighted by atomic mass is 19.3. The van der Waals surface area contributed by atoms with E-state index in [1.54, 1.807) is 23.5 Å². The van der Waals surface area contributed by atoms with Crippen LogP contribution in [0.2, 0.25) is 0 Å². The van der Waals surface area contributed by atoms with E-state index >= 15 is 0 Å². The molecule has 0 atom stereocenters. The number of halogens is 2. The van der Waals surface area contributed by atoms with Crippen molar-refractivity contribution in [3.05, 3.63) is 54.5 Å². The lowest BCUT2D eigenvalue weighted by molar-refractivity contribution is 0.154. The van der Waals surface area contributed by atoms with Crippen molar-refractivity contribution in [3.63, 3.8) is 0 Å². The van der Waals surface area contributed by atoms with Crippen LogP contribution in [-0.2, 0) is 6.54 Å². The van der Waals surface area contributed by atoms with Gasteiger partial charge in [0.2, 0.25) is 0 Å². The zero-order valence-electron chi connectivity index (χ0n) is 12.2. The molecular formula is C17H14F2N4. The first-order valence-electron chi connectivity index (χ1n) is 7.32. The molecule has 0 saturated heterocycles. The van der Waals surface area contributed by atoms with Gasteiger partial charge in [-0.05, 0) is 29.3 Å². The van der Waals surface area contributed by atoms with E-state index in [0.717, 1.165) is 33.6 Å². The summed E-state index contributed by atoms with van der Waals surface area (Å²) in [5.41, 5.74) is 5.55. The molecule has 116 valence electrons. The fourth-order valence-electron chi connectivity index (χ4n) is 3.01. The molecule has 0 spiro atoms. The molecule has 0 amide bonds. The summed E-state index contributed by atoms with van der Waals surface area (Å²) in [4.78, 5) is 5.72. The van der Waals surface area contributed by atoms with Gasteiger partial charge in [0, 0.05) is 35.8 Å². The normalized spacial score (nSPS) is 13.1. The molecule has 0 fully saturated rings. The second kappa shape index (κ2) is 5.46. The molecule has 0 radical (unpaired) electrons. The lowest BCUT2D eigenvalue weighted by Crippen LogP contribution is -2.31. The van der Waals surface area contributed by atoms with E-state index in [4.69, 9.17) is 0 Å². The average molecular weight is 312 g/mol. The number of nitrogens with zero attached hydrogens (tertiary/aromatic N) is 3. The zero-order valence-corrected chi connectivity index (χ0v) is 12.2. The molecule has 4 rings (SSSR count). The highest BCUT2D eigenvalue weighted by Crippen LogP contribution is 2.40. The van der Waals surface area contributed by atoms with Crippen LogP contribution in [-0.4, -0.2) is 28.2 Å². The van der Waals surface area contributed by atoms with Crippen LogP contribution in [0.3, 0.4) is 0 Å². The maximum Gasteiger partial charge on any atom is 0.255 e. The van der Waals surface area contributed by atoms with Crippen molar-refractivity contribution in [2.24, 2.45) is 0 Å². The van der Waals surface area contributed by atoms with Crippen LogP contribution in [0.15, 0.2) is 48.9 Å². The van der Waals surface area contributed by atoms with E-state index in [2.05, 4.69) is 15.2 Å². The summed E-state index contributed by atoms with van der Waals surface area (Å²) in [6.07, 6.45) is 2.76. The molecule has 0 unspecified atom stereocenters. The first-order chi connectivity index (χ1) is 11.2. The van der Waals surface area contributed by atoms with Crippen LogP contribution in [0.25, 0.3) is 22.4 Å². The van der Waals surface area contributed by atoms with Gasteiger partial charge in [0.15, 0.2) is 0 Å². The van der Waals surface area contributed by atoms with Crippen molar-refractivity contribution >= 4 is 5.69 Å². The molecule has 3 aromatic rings. The Kier molecular flexibility index (Phi) is 3.29. The maximum absolute atomic E-state index is 13.0. The molecule has 4 nitrogen and oxygen atoms in total. The second-order valence-electron chi connectivity index (χ2n) is 5.51. The van der Waals surface area contributed by atoms with Gasteiger partial charge in [-0.2, -0.15) is 5.10 Å². The molecule has 0 bridgehead atoms.